The number of piperidine rings is 1. The van der Waals surface area contributed by atoms with Crippen molar-refractivity contribution in [3.05, 3.63) is 30.4 Å². The van der Waals surface area contributed by atoms with Crippen molar-refractivity contribution in [1.82, 2.24) is 24.6 Å². The zero-order valence-corrected chi connectivity index (χ0v) is 12.4. The van der Waals surface area contributed by atoms with Crippen LogP contribution in [0.5, 0.6) is 0 Å². The van der Waals surface area contributed by atoms with Crippen molar-refractivity contribution in [3.63, 3.8) is 0 Å². The van der Waals surface area contributed by atoms with Gasteiger partial charge in [0.15, 0.2) is 0 Å². The van der Waals surface area contributed by atoms with E-state index < -0.39 is 0 Å². The van der Waals surface area contributed by atoms with Crippen LogP contribution in [0.15, 0.2) is 24.7 Å². The van der Waals surface area contributed by atoms with Crippen molar-refractivity contribution >= 4 is 5.78 Å². The molecule has 5 heteroatoms. The second-order valence-corrected chi connectivity index (χ2v) is 6.40. The molecule has 0 aliphatic carbocycles. The molecule has 0 amide bonds. The van der Waals surface area contributed by atoms with Crippen LogP contribution in [-0.4, -0.2) is 44.9 Å². The topological polar surface area (TPSA) is 45.5 Å². The largest absolute Gasteiger partial charge is 0.314 e. The highest BCUT2D eigenvalue weighted by molar-refractivity contribution is 5.29. The van der Waals surface area contributed by atoms with Gasteiger partial charge in [0.25, 0.3) is 0 Å². The summed E-state index contributed by atoms with van der Waals surface area (Å²) in [6.45, 7) is 4.56. The van der Waals surface area contributed by atoms with Crippen LogP contribution in [0, 0.1) is 5.92 Å². The zero-order chi connectivity index (χ0) is 14.1. The number of likely N-dealkylation sites (tertiary alicyclic amines) is 1. The molecule has 0 radical (unpaired) electrons. The van der Waals surface area contributed by atoms with Crippen LogP contribution < -0.4 is 5.32 Å². The molecule has 2 aliphatic heterocycles. The van der Waals surface area contributed by atoms with Crippen molar-refractivity contribution in [3.8, 4) is 0 Å². The molecule has 0 spiro atoms. The number of hydrogen-bond acceptors (Lipinski definition) is 4. The molecular weight excluding hydrogens is 262 g/mol. The molecule has 4 rings (SSSR count). The Morgan fingerprint density at radius 3 is 3.14 bits per heavy atom. The number of nitrogens with one attached hydrogen (secondary N) is 1. The minimum Gasteiger partial charge on any atom is -0.314 e. The third-order valence-electron chi connectivity index (χ3n) is 4.88. The van der Waals surface area contributed by atoms with Crippen molar-refractivity contribution in [1.29, 1.82) is 0 Å². The SMILES string of the molecule is c1cnc2nc(CN3CCCC(C4CCCN4)C3)cn2c1. The fourth-order valence-electron chi connectivity index (χ4n) is 3.86. The average molecular weight is 285 g/mol. The summed E-state index contributed by atoms with van der Waals surface area (Å²) in [6, 6.07) is 2.69. The number of hydrogen-bond donors (Lipinski definition) is 1. The maximum atomic E-state index is 4.62. The van der Waals surface area contributed by atoms with E-state index in [1.54, 1.807) is 6.20 Å². The number of fused-ring (bicyclic) bond motifs is 1. The molecule has 2 aliphatic rings. The van der Waals surface area contributed by atoms with Crippen LogP contribution >= 0.6 is 0 Å². The lowest BCUT2D eigenvalue weighted by atomic mass is 9.90. The Bertz CT molecular complexity index is 568. The molecule has 0 bridgehead atoms. The lowest BCUT2D eigenvalue weighted by Gasteiger charge is -2.35. The normalized spacial score (nSPS) is 27.4. The molecule has 2 saturated heterocycles. The standard InChI is InChI=1S/C16H23N5/c1-5-15(17-6-1)13-4-2-8-20(10-13)11-14-12-21-9-3-7-18-16(21)19-14/h3,7,9,12-13,15,17H,1-2,4-6,8,10-11H2. The summed E-state index contributed by atoms with van der Waals surface area (Å²) in [6.07, 6.45) is 11.3. The van der Waals surface area contributed by atoms with Gasteiger partial charge < -0.3 is 5.32 Å². The smallest absolute Gasteiger partial charge is 0.233 e. The Kier molecular flexibility index (Phi) is 3.61. The summed E-state index contributed by atoms with van der Waals surface area (Å²) in [5.74, 6) is 1.62. The van der Waals surface area contributed by atoms with Gasteiger partial charge in [-0.1, -0.05) is 0 Å². The van der Waals surface area contributed by atoms with Gasteiger partial charge in [-0.05, 0) is 50.8 Å². The van der Waals surface area contributed by atoms with Crippen LogP contribution in [-0.2, 0) is 6.54 Å². The molecule has 0 aromatic carbocycles. The van der Waals surface area contributed by atoms with Crippen molar-refractivity contribution in [2.24, 2.45) is 5.92 Å². The van der Waals surface area contributed by atoms with E-state index in [0.717, 1.165) is 30.0 Å². The minimum absolute atomic E-state index is 0.746. The van der Waals surface area contributed by atoms with Gasteiger partial charge in [-0.2, -0.15) is 0 Å². The Labute approximate surface area is 125 Å². The zero-order valence-electron chi connectivity index (χ0n) is 12.4. The Balaban J connectivity index is 1.43. The fraction of sp³-hybridized carbons (Fsp3) is 0.625. The van der Waals surface area contributed by atoms with Crippen LogP contribution in [0.3, 0.4) is 0 Å². The van der Waals surface area contributed by atoms with E-state index in [1.807, 2.05) is 16.7 Å². The molecule has 21 heavy (non-hydrogen) atoms. The quantitative estimate of drug-likeness (QED) is 0.932. The predicted molar refractivity (Wildman–Crippen MR) is 82.0 cm³/mol. The molecule has 112 valence electrons. The predicted octanol–water partition coefficient (Wildman–Crippen LogP) is 1.69. The van der Waals surface area contributed by atoms with Gasteiger partial charge >= 0.3 is 0 Å². The van der Waals surface area contributed by atoms with Gasteiger partial charge in [-0.25, -0.2) is 9.97 Å². The second kappa shape index (κ2) is 5.73. The summed E-state index contributed by atoms with van der Waals surface area (Å²) < 4.78 is 2.01. The Morgan fingerprint density at radius 2 is 2.29 bits per heavy atom. The summed E-state index contributed by atoms with van der Waals surface area (Å²) >= 11 is 0. The van der Waals surface area contributed by atoms with Crippen LogP contribution in [0.25, 0.3) is 5.78 Å². The minimum atomic E-state index is 0.746. The van der Waals surface area contributed by atoms with E-state index in [-0.39, 0.29) is 0 Å². The summed E-state index contributed by atoms with van der Waals surface area (Å²) in [5, 5.41) is 3.68. The summed E-state index contributed by atoms with van der Waals surface area (Å²) in [5.41, 5.74) is 1.13. The number of nitrogens with zero attached hydrogens (tertiary/aromatic N) is 4. The van der Waals surface area contributed by atoms with Crippen LogP contribution in [0.2, 0.25) is 0 Å². The highest BCUT2D eigenvalue weighted by atomic mass is 15.2. The second-order valence-electron chi connectivity index (χ2n) is 6.40. The summed E-state index contributed by atoms with van der Waals surface area (Å²) in [7, 11) is 0. The van der Waals surface area contributed by atoms with Crippen LogP contribution in [0.4, 0.5) is 0 Å². The van der Waals surface area contributed by atoms with E-state index in [1.165, 1.54) is 45.3 Å². The lowest BCUT2D eigenvalue weighted by Crippen LogP contribution is -2.43. The maximum Gasteiger partial charge on any atom is 0.233 e. The highest BCUT2D eigenvalue weighted by Crippen LogP contribution is 2.25. The maximum absolute atomic E-state index is 4.62. The van der Waals surface area contributed by atoms with Gasteiger partial charge in [0.1, 0.15) is 0 Å². The lowest BCUT2D eigenvalue weighted by molar-refractivity contribution is 0.144. The molecule has 2 aromatic heterocycles. The van der Waals surface area contributed by atoms with E-state index in [2.05, 4.69) is 26.4 Å². The first kappa shape index (κ1) is 13.2. The first-order valence-corrected chi connectivity index (χ1v) is 8.13. The van der Waals surface area contributed by atoms with E-state index in [0.29, 0.717) is 0 Å². The molecule has 4 heterocycles. The molecule has 5 nitrogen and oxygen atoms in total. The first-order valence-electron chi connectivity index (χ1n) is 8.13. The van der Waals surface area contributed by atoms with E-state index >= 15 is 0 Å². The van der Waals surface area contributed by atoms with E-state index in [9.17, 15) is 0 Å². The molecule has 2 aromatic rings. The van der Waals surface area contributed by atoms with Gasteiger partial charge in [0, 0.05) is 37.7 Å². The third kappa shape index (κ3) is 2.80. The number of aromatic nitrogens is 3. The van der Waals surface area contributed by atoms with Gasteiger partial charge in [0.05, 0.1) is 5.69 Å². The van der Waals surface area contributed by atoms with Crippen molar-refractivity contribution in [2.45, 2.75) is 38.3 Å². The average Bonchev–Trinajstić information content (AvgIpc) is 3.16. The van der Waals surface area contributed by atoms with Crippen molar-refractivity contribution < 1.29 is 0 Å². The van der Waals surface area contributed by atoms with Gasteiger partial charge in [-0.15, -0.1) is 0 Å². The number of rotatable bonds is 3. The molecule has 2 fully saturated rings. The molecule has 2 atom stereocenters. The monoisotopic (exact) mass is 285 g/mol. The van der Waals surface area contributed by atoms with E-state index in [4.69, 9.17) is 0 Å². The number of imidazole rings is 1. The van der Waals surface area contributed by atoms with Crippen LogP contribution in [0.1, 0.15) is 31.4 Å². The van der Waals surface area contributed by atoms with Crippen molar-refractivity contribution in [2.75, 3.05) is 19.6 Å². The molecule has 1 N–H and O–H groups in total. The Hall–Kier alpha value is -1.46. The summed E-state index contributed by atoms with van der Waals surface area (Å²) in [4.78, 5) is 11.5. The molecule has 0 saturated carbocycles. The fourth-order valence-corrected chi connectivity index (χ4v) is 3.86. The molecular formula is C16H23N5. The van der Waals surface area contributed by atoms with Gasteiger partial charge in [0.2, 0.25) is 5.78 Å². The molecule has 2 unspecified atom stereocenters. The highest BCUT2D eigenvalue weighted by Gasteiger charge is 2.29. The Morgan fingerprint density at radius 1 is 1.29 bits per heavy atom. The third-order valence-corrected chi connectivity index (χ3v) is 4.88. The van der Waals surface area contributed by atoms with Gasteiger partial charge in [-0.3, -0.25) is 9.30 Å². The first-order chi connectivity index (χ1) is 10.4.